The Bertz CT molecular complexity index is 478. The molecule has 0 heterocycles. The third-order valence-electron chi connectivity index (χ3n) is 1.73. The first-order valence-electron chi connectivity index (χ1n) is 4.14. The third-order valence-corrected chi connectivity index (χ3v) is 1.73. The Balaban J connectivity index is 2.99. The van der Waals surface area contributed by atoms with Crippen molar-refractivity contribution in [2.75, 3.05) is 12.3 Å². The Morgan fingerprint density at radius 1 is 1.62 bits per heavy atom. The number of hydrogen-bond donors (Lipinski definition) is 1. The van der Waals surface area contributed by atoms with Crippen LogP contribution in [0, 0.1) is 21.4 Å². The second-order valence-electron chi connectivity index (χ2n) is 2.76. The third kappa shape index (κ3) is 2.45. The van der Waals surface area contributed by atoms with Gasteiger partial charge in [-0.3, -0.25) is 10.1 Å². The quantitative estimate of drug-likeness (QED) is 0.349. The molecular formula is C9H7N3O4. The van der Waals surface area contributed by atoms with Gasteiger partial charge in [0.15, 0.2) is 6.61 Å². The molecule has 0 aliphatic rings. The van der Waals surface area contributed by atoms with Crippen LogP contribution in [0.15, 0.2) is 18.2 Å². The molecule has 0 saturated carbocycles. The maximum atomic E-state index is 11.3. The molecule has 0 fully saturated rings. The summed E-state index contributed by atoms with van der Waals surface area (Å²) in [5.41, 5.74) is 4.92. The first kappa shape index (κ1) is 11.5. The molecule has 1 aromatic carbocycles. The molecular weight excluding hydrogens is 214 g/mol. The molecule has 0 amide bonds. The minimum atomic E-state index is -0.801. The summed E-state index contributed by atoms with van der Waals surface area (Å²) in [4.78, 5) is 21.1. The molecule has 0 atom stereocenters. The fourth-order valence-corrected chi connectivity index (χ4v) is 1.01. The zero-order valence-electron chi connectivity index (χ0n) is 8.04. The van der Waals surface area contributed by atoms with Gasteiger partial charge in [-0.2, -0.15) is 5.26 Å². The molecule has 0 aromatic heterocycles. The van der Waals surface area contributed by atoms with E-state index < -0.39 is 17.5 Å². The number of benzene rings is 1. The van der Waals surface area contributed by atoms with E-state index in [1.54, 1.807) is 6.07 Å². The predicted molar refractivity (Wildman–Crippen MR) is 53.4 cm³/mol. The smallest absolute Gasteiger partial charge is 0.339 e. The van der Waals surface area contributed by atoms with Gasteiger partial charge in [-0.1, -0.05) is 0 Å². The van der Waals surface area contributed by atoms with Crippen LogP contribution in [0.2, 0.25) is 0 Å². The lowest BCUT2D eigenvalue weighted by molar-refractivity contribution is -0.383. The van der Waals surface area contributed by atoms with Crippen LogP contribution in [-0.4, -0.2) is 17.5 Å². The molecule has 0 saturated heterocycles. The van der Waals surface area contributed by atoms with E-state index in [9.17, 15) is 14.9 Å². The number of nitro benzene ring substituents is 1. The van der Waals surface area contributed by atoms with Crippen LogP contribution in [-0.2, 0) is 4.74 Å². The summed E-state index contributed by atoms with van der Waals surface area (Å²) in [5.74, 6) is -0.801. The number of nitrogens with zero attached hydrogens (tertiary/aromatic N) is 2. The topological polar surface area (TPSA) is 119 Å². The van der Waals surface area contributed by atoms with Crippen molar-refractivity contribution in [1.82, 2.24) is 0 Å². The van der Waals surface area contributed by atoms with Crippen molar-refractivity contribution < 1.29 is 14.5 Å². The van der Waals surface area contributed by atoms with E-state index in [2.05, 4.69) is 4.74 Å². The number of ether oxygens (including phenoxy) is 1. The van der Waals surface area contributed by atoms with E-state index in [0.717, 1.165) is 6.07 Å². The lowest BCUT2D eigenvalue weighted by atomic mass is 10.2. The summed E-state index contributed by atoms with van der Waals surface area (Å²) in [7, 11) is 0. The number of hydrogen-bond acceptors (Lipinski definition) is 6. The molecule has 0 aliphatic heterocycles. The summed E-state index contributed by atoms with van der Waals surface area (Å²) in [6.07, 6.45) is 0. The molecule has 1 rings (SSSR count). The number of anilines is 1. The van der Waals surface area contributed by atoms with Gasteiger partial charge in [-0.15, -0.1) is 0 Å². The molecule has 7 nitrogen and oxygen atoms in total. The zero-order valence-corrected chi connectivity index (χ0v) is 8.04. The standard InChI is InChI=1S/C9H7N3O4/c10-3-4-16-9(13)6-1-2-7(11)8(5-6)12(14)15/h1-2,5H,4,11H2. The zero-order chi connectivity index (χ0) is 12.1. The molecule has 0 unspecified atom stereocenters. The number of nitro groups is 1. The highest BCUT2D eigenvalue weighted by molar-refractivity contribution is 5.91. The van der Waals surface area contributed by atoms with Gasteiger partial charge < -0.3 is 10.5 Å². The molecule has 82 valence electrons. The summed E-state index contributed by atoms with van der Waals surface area (Å²) >= 11 is 0. The maximum absolute atomic E-state index is 11.3. The summed E-state index contributed by atoms with van der Waals surface area (Å²) in [6, 6.07) is 5.16. The monoisotopic (exact) mass is 221 g/mol. The van der Waals surface area contributed by atoms with Crippen molar-refractivity contribution in [2.45, 2.75) is 0 Å². The molecule has 0 bridgehead atoms. The average molecular weight is 221 g/mol. The van der Waals surface area contributed by atoms with Crippen molar-refractivity contribution in [1.29, 1.82) is 5.26 Å². The molecule has 0 spiro atoms. The lowest BCUT2D eigenvalue weighted by Gasteiger charge is -2.01. The number of nitrogens with two attached hydrogens (primary N) is 1. The number of nitriles is 1. The van der Waals surface area contributed by atoms with E-state index in [-0.39, 0.29) is 16.9 Å². The summed E-state index contributed by atoms with van der Waals surface area (Å²) in [6.45, 7) is -0.406. The van der Waals surface area contributed by atoms with Crippen LogP contribution in [0.4, 0.5) is 11.4 Å². The minimum absolute atomic E-state index is 0.0175. The van der Waals surface area contributed by atoms with E-state index >= 15 is 0 Å². The second-order valence-corrected chi connectivity index (χ2v) is 2.76. The van der Waals surface area contributed by atoms with Gasteiger partial charge in [-0.25, -0.2) is 4.79 Å². The van der Waals surface area contributed by atoms with Crippen molar-refractivity contribution in [3.8, 4) is 6.07 Å². The van der Waals surface area contributed by atoms with Crippen LogP contribution in [0.1, 0.15) is 10.4 Å². The Hall–Kier alpha value is -2.62. The van der Waals surface area contributed by atoms with Crippen LogP contribution in [0.25, 0.3) is 0 Å². The summed E-state index contributed by atoms with van der Waals surface area (Å²) in [5, 5.41) is 18.7. The van der Waals surface area contributed by atoms with Crippen LogP contribution < -0.4 is 5.73 Å². The average Bonchev–Trinajstić information content (AvgIpc) is 2.26. The molecule has 16 heavy (non-hydrogen) atoms. The number of carbonyl (C=O) groups is 1. The van der Waals surface area contributed by atoms with Crippen LogP contribution in [0.3, 0.4) is 0 Å². The largest absolute Gasteiger partial charge is 0.447 e. The summed E-state index contributed by atoms with van der Waals surface area (Å²) < 4.78 is 4.49. The molecule has 7 heteroatoms. The van der Waals surface area contributed by atoms with Gasteiger partial charge in [0, 0.05) is 6.07 Å². The minimum Gasteiger partial charge on any atom is -0.447 e. The molecule has 0 radical (unpaired) electrons. The Labute approximate surface area is 90.2 Å². The van der Waals surface area contributed by atoms with Crippen LogP contribution >= 0.6 is 0 Å². The highest BCUT2D eigenvalue weighted by Gasteiger charge is 2.16. The normalized spacial score (nSPS) is 9.19. The number of carbonyl (C=O) groups excluding carboxylic acids is 1. The SMILES string of the molecule is N#CCOC(=O)c1ccc(N)c([N+](=O)[O-])c1. The number of nitrogen functional groups attached to an aromatic ring is 1. The van der Waals surface area contributed by atoms with Gasteiger partial charge in [0.1, 0.15) is 11.8 Å². The van der Waals surface area contributed by atoms with Crippen molar-refractivity contribution >= 4 is 17.3 Å². The number of rotatable bonds is 3. The molecule has 1 aromatic rings. The number of esters is 1. The highest BCUT2D eigenvalue weighted by atomic mass is 16.6. The fraction of sp³-hybridized carbons (Fsp3) is 0.111. The van der Waals surface area contributed by atoms with Gasteiger partial charge >= 0.3 is 5.97 Å². The Kier molecular flexibility index (Phi) is 3.40. The van der Waals surface area contributed by atoms with Crippen molar-refractivity contribution in [3.05, 3.63) is 33.9 Å². The van der Waals surface area contributed by atoms with E-state index in [1.807, 2.05) is 0 Å². The molecule has 0 aliphatic carbocycles. The van der Waals surface area contributed by atoms with Gasteiger partial charge in [0.25, 0.3) is 5.69 Å². The fourth-order valence-electron chi connectivity index (χ4n) is 1.01. The van der Waals surface area contributed by atoms with E-state index in [0.29, 0.717) is 0 Å². The van der Waals surface area contributed by atoms with E-state index in [1.165, 1.54) is 12.1 Å². The van der Waals surface area contributed by atoms with Gasteiger partial charge in [0.05, 0.1) is 10.5 Å². The Morgan fingerprint density at radius 2 is 2.31 bits per heavy atom. The first-order chi connectivity index (χ1) is 7.56. The predicted octanol–water partition coefficient (Wildman–Crippen LogP) is 0.857. The van der Waals surface area contributed by atoms with Crippen molar-refractivity contribution in [2.24, 2.45) is 0 Å². The highest BCUT2D eigenvalue weighted by Crippen LogP contribution is 2.22. The van der Waals surface area contributed by atoms with Crippen LogP contribution in [0.5, 0.6) is 0 Å². The van der Waals surface area contributed by atoms with E-state index in [4.69, 9.17) is 11.0 Å². The first-order valence-corrected chi connectivity index (χ1v) is 4.14. The maximum Gasteiger partial charge on any atom is 0.339 e. The van der Waals surface area contributed by atoms with Gasteiger partial charge in [0.2, 0.25) is 0 Å². The molecule has 2 N–H and O–H groups in total. The second kappa shape index (κ2) is 4.75. The Morgan fingerprint density at radius 3 is 2.88 bits per heavy atom. The van der Waals surface area contributed by atoms with Crippen molar-refractivity contribution in [3.63, 3.8) is 0 Å². The van der Waals surface area contributed by atoms with Gasteiger partial charge in [-0.05, 0) is 12.1 Å². The lowest BCUT2D eigenvalue weighted by Crippen LogP contribution is -2.06.